The Morgan fingerprint density at radius 3 is 3.06 bits per heavy atom. The molecular formula is C11H14N2S3. The number of aryl methyl sites for hydroxylation is 1. The van der Waals surface area contributed by atoms with Gasteiger partial charge in [-0.15, -0.1) is 22.7 Å². The van der Waals surface area contributed by atoms with Crippen LogP contribution < -0.4 is 5.32 Å². The van der Waals surface area contributed by atoms with Gasteiger partial charge in [0.1, 0.15) is 4.34 Å². The number of thiazole rings is 1. The van der Waals surface area contributed by atoms with Crippen molar-refractivity contribution in [3.8, 4) is 0 Å². The highest BCUT2D eigenvalue weighted by Crippen LogP contribution is 2.21. The van der Waals surface area contributed by atoms with Gasteiger partial charge >= 0.3 is 0 Å². The van der Waals surface area contributed by atoms with Gasteiger partial charge < -0.3 is 5.32 Å². The molecule has 0 bridgehead atoms. The molecule has 2 heterocycles. The molecule has 2 aromatic heterocycles. The minimum atomic E-state index is 0.981. The Bertz CT molecular complexity index is 409. The van der Waals surface area contributed by atoms with Gasteiger partial charge in [0, 0.05) is 34.8 Å². The lowest BCUT2D eigenvalue weighted by Gasteiger charge is -2.01. The third-order valence-electron chi connectivity index (χ3n) is 1.98. The number of hydrogen-bond donors (Lipinski definition) is 1. The maximum Gasteiger partial charge on any atom is 0.150 e. The summed E-state index contributed by atoms with van der Waals surface area (Å²) in [5.74, 6) is 1.08. The predicted molar refractivity (Wildman–Crippen MR) is 73.6 cm³/mol. The number of thiophene rings is 1. The molecule has 0 amide bonds. The Morgan fingerprint density at radius 2 is 2.38 bits per heavy atom. The summed E-state index contributed by atoms with van der Waals surface area (Å²) in [6.07, 6.45) is 0. The highest BCUT2D eigenvalue weighted by atomic mass is 32.2. The van der Waals surface area contributed by atoms with E-state index in [-0.39, 0.29) is 0 Å². The third kappa shape index (κ3) is 3.90. The lowest BCUT2D eigenvalue weighted by atomic mass is 10.4. The van der Waals surface area contributed by atoms with Gasteiger partial charge in [0.05, 0.1) is 0 Å². The minimum Gasteiger partial charge on any atom is -0.311 e. The normalized spacial score (nSPS) is 10.8. The summed E-state index contributed by atoms with van der Waals surface area (Å²) in [6.45, 7) is 4.05. The Morgan fingerprint density at radius 1 is 1.44 bits per heavy atom. The van der Waals surface area contributed by atoms with Gasteiger partial charge in [0.15, 0.2) is 0 Å². The molecule has 0 aliphatic rings. The molecule has 0 aliphatic heterocycles. The van der Waals surface area contributed by atoms with Crippen molar-refractivity contribution >= 4 is 34.4 Å². The van der Waals surface area contributed by atoms with Crippen LogP contribution in [0.25, 0.3) is 0 Å². The molecule has 0 aromatic carbocycles. The number of rotatable bonds is 6. The summed E-state index contributed by atoms with van der Waals surface area (Å²) < 4.78 is 1.18. The Kier molecular flexibility index (Phi) is 4.84. The first kappa shape index (κ1) is 12.1. The van der Waals surface area contributed by atoms with Crippen molar-refractivity contribution in [3.63, 3.8) is 0 Å². The number of nitrogens with zero attached hydrogens (tertiary/aromatic N) is 1. The maximum atomic E-state index is 4.41. The van der Waals surface area contributed by atoms with Crippen molar-refractivity contribution in [1.29, 1.82) is 0 Å². The van der Waals surface area contributed by atoms with Crippen LogP contribution in [0.3, 0.4) is 0 Å². The Hall–Kier alpha value is -0.360. The van der Waals surface area contributed by atoms with Crippen LogP contribution >= 0.6 is 34.4 Å². The summed E-state index contributed by atoms with van der Waals surface area (Å²) in [4.78, 5) is 5.81. The first-order chi connectivity index (χ1) is 7.84. The second-order valence-corrected chi connectivity index (χ2v) is 6.59. The number of thioether (sulfide) groups is 1. The molecule has 86 valence electrons. The minimum absolute atomic E-state index is 0.981. The Balaban J connectivity index is 1.59. The zero-order valence-corrected chi connectivity index (χ0v) is 11.6. The predicted octanol–water partition coefficient (Wildman–Crippen LogP) is 3.39. The fraction of sp³-hybridized carbons (Fsp3) is 0.364. The Labute approximate surface area is 108 Å². The number of nitrogens with one attached hydrogen (secondary N) is 1. The SMILES string of the molecule is Cc1csc(SCCNCc2cccs2)n1. The van der Waals surface area contributed by atoms with E-state index in [4.69, 9.17) is 0 Å². The molecule has 16 heavy (non-hydrogen) atoms. The van der Waals surface area contributed by atoms with Crippen LogP contribution in [-0.4, -0.2) is 17.3 Å². The van der Waals surface area contributed by atoms with E-state index < -0.39 is 0 Å². The largest absolute Gasteiger partial charge is 0.311 e. The summed E-state index contributed by atoms with van der Waals surface area (Å²) >= 11 is 5.36. The molecule has 0 unspecified atom stereocenters. The number of hydrogen-bond acceptors (Lipinski definition) is 5. The van der Waals surface area contributed by atoms with Gasteiger partial charge in [0.25, 0.3) is 0 Å². The first-order valence-corrected chi connectivity index (χ1v) is 7.87. The lowest BCUT2D eigenvalue weighted by Crippen LogP contribution is -2.15. The average Bonchev–Trinajstić information content (AvgIpc) is 2.89. The smallest absolute Gasteiger partial charge is 0.150 e. The van der Waals surface area contributed by atoms with Crippen LogP contribution in [-0.2, 0) is 6.54 Å². The van der Waals surface area contributed by atoms with Gasteiger partial charge in [-0.05, 0) is 18.4 Å². The van der Waals surface area contributed by atoms with Crippen LogP contribution in [0.15, 0.2) is 27.2 Å². The average molecular weight is 270 g/mol. The topological polar surface area (TPSA) is 24.9 Å². The molecule has 0 saturated heterocycles. The van der Waals surface area contributed by atoms with Gasteiger partial charge in [-0.2, -0.15) is 0 Å². The second kappa shape index (κ2) is 6.39. The van der Waals surface area contributed by atoms with Crippen LogP contribution in [0.2, 0.25) is 0 Å². The van der Waals surface area contributed by atoms with Gasteiger partial charge in [-0.3, -0.25) is 0 Å². The van der Waals surface area contributed by atoms with E-state index in [0.717, 1.165) is 24.5 Å². The van der Waals surface area contributed by atoms with Crippen LogP contribution in [0.1, 0.15) is 10.6 Å². The van der Waals surface area contributed by atoms with E-state index in [0.29, 0.717) is 0 Å². The van der Waals surface area contributed by atoms with E-state index >= 15 is 0 Å². The van der Waals surface area contributed by atoms with E-state index in [1.54, 1.807) is 22.7 Å². The quantitative estimate of drug-likeness (QED) is 0.643. The van der Waals surface area contributed by atoms with Crippen molar-refractivity contribution < 1.29 is 0 Å². The van der Waals surface area contributed by atoms with Crippen LogP contribution in [0, 0.1) is 6.92 Å². The van der Waals surface area contributed by atoms with E-state index in [9.17, 15) is 0 Å². The van der Waals surface area contributed by atoms with E-state index in [1.807, 2.05) is 18.7 Å². The molecular weight excluding hydrogens is 256 g/mol. The molecule has 0 fully saturated rings. The zero-order valence-electron chi connectivity index (χ0n) is 9.10. The fourth-order valence-electron chi connectivity index (χ4n) is 1.23. The van der Waals surface area contributed by atoms with Crippen LogP contribution in [0.5, 0.6) is 0 Å². The lowest BCUT2D eigenvalue weighted by molar-refractivity contribution is 0.741. The van der Waals surface area contributed by atoms with E-state index in [1.165, 1.54) is 9.22 Å². The van der Waals surface area contributed by atoms with Crippen LogP contribution in [0.4, 0.5) is 0 Å². The molecule has 0 spiro atoms. The van der Waals surface area contributed by atoms with Gasteiger partial charge in [-0.25, -0.2) is 4.98 Å². The highest BCUT2D eigenvalue weighted by Gasteiger charge is 1.98. The van der Waals surface area contributed by atoms with Crippen molar-refractivity contribution in [2.75, 3.05) is 12.3 Å². The molecule has 0 atom stereocenters. The molecule has 2 nitrogen and oxygen atoms in total. The molecule has 2 rings (SSSR count). The summed E-state index contributed by atoms with van der Waals surface area (Å²) in [5, 5.41) is 7.65. The number of aromatic nitrogens is 1. The summed E-state index contributed by atoms with van der Waals surface area (Å²) in [7, 11) is 0. The molecule has 2 aromatic rings. The second-order valence-electron chi connectivity index (χ2n) is 3.36. The third-order valence-corrected chi connectivity index (χ3v) is 5.00. The first-order valence-electron chi connectivity index (χ1n) is 5.12. The molecule has 5 heteroatoms. The van der Waals surface area contributed by atoms with Gasteiger partial charge in [-0.1, -0.05) is 17.8 Å². The van der Waals surface area contributed by atoms with Crippen molar-refractivity contribution in [3.05, 3.63) is 33.5 Å². The van der Waals surface area contributed by atoms with Gasteiger partial charge in [0.2, 0.25) is 0 Å². The molecule has 0 aliphatic carbocycles. The summed E-state index contributed by atoms with van der Waals surface area (Å²) in [6, 6.07) is 4.25. The fourth-order valence-corrected chi connectivity index (χ4v) is 3.73. The molecule has 1 N–H and O–H groups in total. The zero-order chi connectivity index (χ0) is 11.2. The highest BCUT2D eigenvalue weighted by molar-refractivity contribution is 8.01. The van der Waals surface area contributed by atoms with Crippen molar-refractivity contribution in [2.45, 2.75) is 17.8 Å². The standard InChI is InChI=1S/C11H14N2S3/c1-9-8-16-11(13-9)15-6-4-12-7-10-3-2-5-14-10/h2-3,5,8,12H,4,6-7H2,1H3. The van der Waals surface area contributed by atoms with E-state index in [2.05, 4.69) is 33.2 Å². The molecule has 0 saturated carbocycles. The summed E-state index contributed by atoms with van der Waals surface area (Å²) in [5.41, 5.74) is 1.12. The van der Waals surface area contributed by atoms with Crippen molar-refractivity contribution in [2.24, 2.45) is 0 Å². The van der Waals surface area contributed by atoms with Crippen molar-refractivity contribution in [1.82, 2.24) is 10.3 Å². The maximum absolute atomic E-state index is 4.41. The monoisotopic (exact) mass is 270 g/mol. The molecule has 0 radical (unpaired) electrons.